The van der Waals surface area contributed by atoms with E-state index in [0.717, 1.165) is 22.3 Å². The summed E-state index contributed by atoms with van der Waals surface area (Å²) in [6.07, 6.45) is 1.32. The van der Waals surface area contributed by atoms with E-state index in [2.05, 4.69) is 34.6 Å². The molecule has 8 nitrogen and oxygen atoms in total. The largest absolute Gasteiger partial charge is 0.480 e. The van der Waals surface area contributed by atoms with Crippen LogP contribution in [-0.2, 0) is 16.1 Å². The van der Waals surface area contributed by atoms with Gasteiger partial charge in [-0.25, -0.2) is 9.78 Å². The zero-order valence-corrected chi connectivity index (χ0v) is 20.7. The molecule has 0 saturated heterocycles. The lowest BCUT2D eigenvalue weighted by atomic mass is 9.98. The Morgan fingerprint density at radius 3 is 2.40 bits per heavy atom. The van der Waals surface area contributed by atoms with Gasteiger partial charge in [0.05, 0.1) is 6.54 Å². The molecule has 0 aliphatic heterocycles. The van der Waals surface area contributed by atoms with Crippen LogP contribution in [0.5, 0.6) is 0 Å². The third kappa shape index (κ3) is 5.83. The summed E-state index contributed by atoms with van der Waals surface area (Å²) in [5.74, 6) is -0.921. The molecule has 1 heterocycles. The highest BCUT2D eigenvalue weighted by molar-refractivity contribution is 7.98. The standard InChI is InChI=1S/C25H25N3O5S2/c1-34-11-10-28(13-23(29)30)24(31)21-15-35-22(27-21)12-26-25(32)33-14-20-18-8-4-2-6-16(18)17-7-3-5-9-19(17)20/h2-9,15,20H,10-14H2,1H3,(H,26,32)(H,29,30). The third-order valence-corrected chi connectivity index (χ3v) is 7.12. The van der Waals surface area contributed by atoms with E-state index in [1.807, 2.05) is 30.5 Å². The Hall–Kier alpha value is -3.37. The van der Waals surface area contributed by atoms with Crippen molar-refractivity contribution in [2.45, 2.75) is 12.5 Å². The van der Waals surface area contributed by atoms with Crippen molar-refractivity contribution in [3.05, 3.63) is 75.7 Å². The Bertz CT molecular complexity index is 1180. The second kappa shape index (κ2) is 11.4. The van der Waals surface area contributed by atoms with Gasteiger partial charge in [0.2, 0.25) is 0 Å². The molecule has 0 unspecified atom stereocenters. The number of thiazole rings is 1. The fraction of sp³-hybridized carbons (Fsp3) is 0.280. The Kier molecular flexibility index (Phi) is 8.04. The molecule has 1 aliphatic carbocycles. The van der Waals surface area contributed by atoms with Crippen LogP contribution < -0.4 is 5.32 Å². The second-order valence-electron chi connectivity index (χ2n) is 7.92. The highest BCUT2D eigenvalue weighted by atomic mass is 32.2. The van der Waals surface area contributed by atoms with E-state index in [1.54, 1.807) is 5.38 Å². The maximum atomic E-state index is 12.7. The molecule has 3 aromatic rings. The molecule has 35 heavy (non-hydrogen) atoms. The van der Waals surface area contributed by atoms with Gasteiger partial charge < -0.3 is 20.1 Å². The molecule has 0 radical (unpaired) electrons. The average molecular weight is 512 g/mol. The number of carboxylic acid groups (broad SMARTS) is 1. The van der Waals surface area contributed by atoms with E-state index in [0.29, 0.717) is 17.3 Å². The SMILES string of the molecule is CSCCN(CC(=O)O)C(=O)c1csc(CNC(=O)OCC2c3ccccc3-c3ccccc32)n1. The van der Waals surface area contributed by atoms with Crippen molar-refractivity contribution in [1.29, 1.82) is 0 Å². The zero-order valence-electron chi connectivity index (χ0n) is 19.1. The van der Waals surface area contributed by atoms with Crippen molar-refractivity contribution >= 4 is 41.1 Å². The van der Waals surface area contributed by atoms with Crippen molar-refractivity contribution in [1.82, 2.24) is 15.2 Å². The number of amides is 2. The molecule has 0 atom stereocenters. The van der Waals surface area contributed by atoms with Crippen molar-refractivity contribution in [2.24, 2.45) is 0 Å². The number of aromatic nitrogens is 1. The number of alkyl carbamates (subject to hydrolysis) is 1. The van der Waals surface area contributed by atoms with Gasteiger partial charge in [0.25, 0.3) is 5.91 Å². The predicted molar refractivity (Wildman–Crippen MR) is 136 cm³/mol. The first-order valence-electron chi connectivity index (χ1n) is 11.0. The summed E-state index contributed by atoms with van der Waals surface area (Å²) >= 11 is 2.75. The van der Waals surface area contributed by atoms with Crippen LogP contribution in [0, 0.1) is 0 Å². The maximum Gasteiger partial charge on any atom is 0.407 e. The Morgan fingerprint density at radius 1 is 1.11 bits per heavy atom. The molecule has 0 spiro atoms. The number of carbonyl (C=O) groups excluding carboxylic acids is 2. The van der Waals surface area contributed by atoms with Gasteiger partial charge in [-0.2, -0.15) is 11.8 Å². The fourth-order valence-corrected chi connectivity index (χ4v) is 5.18. The van der Waals surface area contributed by atoms with Crippen LogP contribution >= 0.6 is 23.1 Å². The average Bonchev–Trinajstić information content (AvgIpc) is 3.46. The van der Waals surface area contributed by atoms with E-state index in [4.69, 9.17) is 9.84 Å². The van der Waals surface area contributed by atoms with E-state index < -0.39 is 18.0 Å². The first-order chi connectivity index (χ1) is 17.0. The van der Waals surface area contributed by atoms with E-state index in [9.17, 15) is 14.4 Å². The van der Waals surface area contributed by atoms with E-state index in [-0.39, 0.29) is 31.3 Å². The van der Waals surface area contributed by atoms with E-state index in [1.165, 1.54) is 28.0 Å². The van der Waals surface area contributed by atoms with Crippen LogP contribution in [0.2, 0.25) is 0 Å². The van der Waals surface area contributed by atoms with Crippen LogP contribution in [0.3, 0.4) is 0 Å². The lowest BCUT2D eigenvalue weighted by molar-refractivity contribution is -0.137. The summed E-state index contributed by atoms with van der Waals surface area (Å²) in [6, 6.07) is 16.2. The quantitative estimate of drug-likeness (QED) is 0.422. The highest BCUT2D eigenvalue weighted by Crippen LogP contribution is 2.44. The number of nitrogens with zero attached hydrogens (tertiary/aromatic N) is 2. The van der Waals surface area contributed by atoms with Crippen molar-refractivity contribution in [2.75, 3.05) is 31.7 Å². The van der Waals surface area contributed by atoms with Crippen molar-refractivity contribution in [3.63, 3.8) is 0 Å². The van der Waals surface area contributed by atoms with Gasteiger partial charge in [0, 0.05) is 23.6 Å². The predicted octanol–water partition coefficient (Wildman–Crippen LogP) is 4.07. The fourth-order valence-electron chi connectivity index (χ4n) is 4.07. The van der Waals surface area contributed by atoms with Gasteiger partial charge in [0.1, 0.15) is 23.9 Å². The number of nitrogens with one attached hydrogen (secondary N) is 1. The number of carbonyl (C=O) groups is 3. The number of aliphatic carboxylic acids is 1. The van der Waals surface area contributed by atoms with Crippen LogP contribution in [0.4, 0.5) is 4.79 Å². The minimum Gasteiger partial charge on any atom is -0.480 e. The highest BCUT2D eigenvalue weighted by Gasteiger charge is 2.29. The van der Waals surface area contributed by atoms with E-state index >= 15 is 0 Å². The molecule has 2 N–H and O–H groups in total. The van der Waals surface area contributed by atoms with Gasteiger partial charge in [-0.3, -0.25) is 9.59 Å². The summed E-state index contributed by atoms with van der Waals surface area (Å²) in [4.78, 5) is 41.7. The number of benzene rings is 2. The molecule has 2 aromatic carbocycles. The molecule has 2 amide bonds. The Balaban J connectivity index is 1.32. The number of fused-ring (bicyclic) bond motifs is 3. The number of carboxylic acids is 1. The number of rotatable bonds is 10. The van der Waals surface area contributed by atoms with Crippen molar-refractivity contribution < 1.29 is 24.2 Å². The molecule has 10 heteroatoms. The van der Waals surface area contributed by atoms with Crippen LogP contribution in [0.1, 0.15) is 32.5 Å². The number of ether oxygens (including phenoxy) is 1. The molecular weight excluding hydrogens is 486 g/mol. The van der Waals surface area contributed by atoms with Crippen molar-refractivity contribution in [3.8, 4) is 11.1 Å². The minimum atomic E-state index is -1.08. The first kappa shape index (κ1) is 24.7. The number of thioether (sulfide) groups is 1. The van der Waals surface area contributed by atoms with Crippen LogP contribution in [0.15, 0.2) is 53.9 Å². The third-order valence-electron chi connectivity index (χ3n) is 5.68. The molecule has 0 fully saturated rings. The molecule has 1 aromatic heterocycles. The van der Waals surface area contributed by atoms with Gasteiger partial charge >= 0.3 is 12.1 Å². The molecule has 0 bridgehead atoms. The van der Waals surface area contributed by atoms with Gasteiger partial charge in [-0.15, -0.1) is 11.3 Å². The number of hydrogen-bond donors (Lipinski definition) is 2. The first-order valence-corrected chi connectivity index (χ1v) is 13.3. The topological polar surface area (TPSA) is 109 Å². The molecule has 182 valence electrons. The normalized spacial score (nSPS) is 12.0. The monoisotopic (exact) mass is 511 g/mol. The lowest BCUT2D eigenvalue weighted by Crippen LogP contribution is -2.37. The summed E-state index contributed by atoms with van der Waals surface area (Å²) in [7, 11) is 0. The van der Waals surface area contributed by atoms with Gasteiger partial charge in [-0.1, -0.05) is 48.5 Å². The maximum absolute atomic E-state index is 12.7. The summed E-state index contributed by atoms with van der Waals surface area (Å²) in [6.45, 7) is 0.251. The second-order valence-corrected chi connectivity index (χ2v) is 9.85. The van der Waals surface area contributed by atoms with Crippen LogP contribution in [0.25, 0.3) is 11.1 Å². The molecule has 0 saturated carbocycles. The van der Waals surface area contributed by atoms with Crippen LogP contribution in [-0.4, -0.2) is 64.7 Å². The summed E-state index contributed by atoms with van der Waals surface area (Å²) in [5.41, 5.74) is 4.76. The zero-order chi connectivity index (χ0) is 24.8. The lowest BCUT2D eigenvalue weighted by Gasteiger charge is -2.18. The minimum absolute atomic E-state index is 0.0289. The Morgan fingerprint density at radius 2 is 1.77 bits per heavy atom. The Labute approximate surface area is 211 Å². The summed E-state index contributed by atoms with van der Waals surface area (Å²) in [5, 5.41) is 13.9. The molecule has 4 rings (SSSR count). The summed E-state index contributed by atoms with van der Waals surface area (Å²) < 4.78 is 5.53. The van der Waals surface area contributed by atoms with Gasteiger partial charge in [-0.05, 0) is 28.5 Å². The van der Waals surface area contributed by atoms with Gasteiger partial charge in [0.15, 0.2) is 0 Å². The molecular formula is C25H25N3O5S2. The smallest absolute Gasteiger partial charge is 0.407 e. The number of hydrogen-bond acceptors (Lipinski definition) is 7. The molecule has 1 aliphatic rings.